The zero-order valence-electron chi connectivity index (χ0n) is 22.5. The molecule has 1 aliphatic carbocycles. The second-order valence-corrected chi connectivity index (χ2v) is 13.1. The molecule has 0 aromatic heterocycles. The minimum absolute atomic E-state index is 0.0467. The van der Waals surface area contributed by atoms with Gasteiger partial charge in [0.25, 0.3) is 0 Å². The third-order valence-electron chi connectivity index (χ3n) is 6.90. The van der Waals surface area contributed by atoms with Gasteiger partial charge in [-0.1, -0.05) is 67.1 Å². The summed E-state index contributed by atoms with van der Waals surface area (Å²) in [6.07, 6.45) is 0.752. The summed E-state index contributed by atoms with van der Waals surface area (Å²) in [5.41, 5.74) is -1.12. The van der Waals surface area contributed by atoms with Crippen molar-refractivity contribution in [3.63, 3.8) is 0 Å². The highest BCUT2D eigenvalue weighted by Crippen LogP contribution is 2.37. The summed E-state index contributed by atoms with van der Waals surface area (Å²) in [5, 5.41) is 2.88. The highest BCUT2D eigenvalue weighted by atomic mass is 35.5. The fourth-order valence-corrected chi connectivity index (χ4v) is 6.18. The molecule has 1 saturated carbocycles. The Labute approximate surface area is 253 Å². The number of alkyl halides is 3. The molecule has 1 N–H and O–H groups in total. The predicted octanol–water partition coefficient (Wildman–Crippen LogP) is 6.69. The van der Waals surface area contributed by atoms with Gasteiger partial charge in [-0.05, 0) is 55.2 Å². The molecular formula is C27H31Cl3F3N3O4S. The Bertz CT molecular complexity index is 1370. The summed E-state index contributed by atoms with van der Waals surface area (Å²) in [6, 6.07) is 6.21. The van der Waals surface area contributed by atoms with Crippen LogP contribution in [0.3, 0.4) is 0 Å². The molecule has 1 atom stereocenters. The van der Waals surface area contributed by atoms with Crippen LogP contribution in [0, 0.1) is 0 Å². The number of carbonyl (C=O) groups excluding carboxylic acids is 2. The summed E-state index contributed by atoms with van der Waals surface area (Å²) < 4.78 is 66.6. The van der Waals surface area contributed by atoms with Gasteiger partial charge < -0.3 is 10.2 Å². The van der Waals surface area contributed by atoms with E-state index in [9.17, 15) is 31.2 Å². The molecule has 0 saturated heterocycles. The first-order chi connectivity index (χ1) is 19.1. The van der Waals surface area contributed by atoms with Gasteiger partial charge in [-0.3, -0.25) is 13.9 Å². The number of amides is 2. The first kappa shape index (κ1) is 33.3. The van der Waals surface area contributed by atoms with Gasteiger partial charge in [-0.25, -0.2) is 8.42 Å². The quantitative estimate of drug-likeness (QED) is 0.309. The van der Waals surface area contributed by atoms with E-state index in [1.54, 1.807) is 13.0 Å². The topological polar surface area (TPSA) is 86.8 Å². The van der Waals surface area contributed by atoms with Crippen LogP contribution in [0.4, 0.5) is 18.9 Å². The van der Waals surface area contributed by atoms with Gasteiger partial charge in [0.1, 0.15) is 12.6 Å². The third-order valence-corrected chi connectivity index (χ3v) is 9.11. The smallest absolute Gasteiger partial charge is 0.352 e. The molecule has 1 aliphatic rings. The minimum Gasteiger partial charge on any atom is -0.352 e. The van der Waals surface area contributed by atoms with Gasteiger partial charge in [0.2, 0.25) is 21.8 Å². The third kappa shape index (κ3) is 8.89. The predicted molar refractivity (Wildman–Crippen MR) is 155 cm³/mol. The van der Waals surface area contributed by atoms with E-state index in [1.807, 2.05) is 0 Å². The minimum atomic E-state index is -4.86. The van der Waals surface area contributed by atoms with Crippen LogP contribution in [-0.2, 0) is 32.3 Å². The summed E-state index contributed by atoms with van der Waals surface area (Å²) in [4.78, 5) is 28.4. The Morgan fingerprint density at radius 1 is 1.00 bits per heavy atom. The molecule has 2 aromatic rings. The van der Waals surface area contributed by atoms with Gasteiger partial charge in [0.05, 0.1) is 32.6 Å². The average molecular weight is 657 g/mol. The van der Waals surface area contributed by atoms with Crippen LogP contribution in [-0.4, -0.2) is 50.0 Å². The molecule has 0 heterocycles. The molecule has 0 spiro atoms. The Morgan fingerprint density at radius 3 is 2.20 bits per heavy atom. The van der Waals surface area contributed by atoms with Crippen LogP contribution in [0.5, 0.6) is 0 Å². The molecule has 7 nitrogen and oxygen atoms in total. The van der Waals surface area contributed by atoms with Crippen molar-refractivity contribution in [3.8, 4) is 0 Å². The first-order valence-corrected chi connectivity index (χ1v) is 16.0. The van der Waals surface area contributed by atoms with Gasteiger partial charge in [0.15, 0.2) is 0 Å². The number of halogens is 6. The number of nitrogens with zero attached hydrogens (tertiary/aromatic N) is 2. The van der Waals surface area contributed by atoms with Gasteiger partial charge in [0, 0.05) is 12.6 Å². The number of hydrogen-bond donors (Lipinski definition) is 1. The van der Waals surface area contributed by atoms with Crippen molar-refractivity contribution in [3.05, 3.63) is 62.6 Å². The maximum atomic E-state index is 13.8. The molecule has 0 bridgehead atoms. The van der Waals surface area contributed by atoms with E-state index < -0.39 is 56.9 Å². The van der Waals surface area contributed by atoms with E-state index in [4.69, 9.17) is 34.8 Å². The number of nitrogens with one attached hydrogen (secondary N) is 1. The summed E-state index contributed by atoms with van der Waals surface area (Å²) in [7, 11) is -4.25. The molecular weight excluding hydrogens is 626 g/mol. The van der Waals surface area contributed by atoms with E-state index >= 15 is 0 Å². The second kappa shape index (κ2) is 13.8. The Kier molecular flexibility index (Phi) is 11.2. The van der Waals surface area contributed by atoms with Gasteiger partial charge >= 0.3 is 6.18 Å². The van der Waals surface area contributed by atoms with Crippen LogP contribution in [0.1, 0.15) is 56.6 Å². The molecule has 14 heteroatoms. The number of rotatable bonds is 10. The fraction of sp³-hybridized carbons (Fsp3) is 0.481. The van der Waals surface area contributed by atoms with Crippen LogP contribution in [0.2, 0.25) is 15.1 Å². The fourth-order valence-electron chi connectivity index (χ4n) is 4.80. The molecule has 0 aliphatic heterocycles. The molecule has 2 amide bonds. The van der Waals surface area contributed by atoms with Crippen molar-refractivity contribution in [2.24, 2.45) is 0 Å². The average Bonchev–Trinajstić information content (AvgIpc) is 2.88. The lowest BCUT2D eigenvalue weighted by molar-refractivity contribution is -0.140. The zero-order valence-corrected chi connectivity index (χ0v) is 25.6. The summed E-state index contributed by atoms with van der Waals surface area (Å²) in [5.74, 6) is -1.19. The lowest BCUT2D eigenvalue weighted by Gasteiger charge is -2.34. The lowest BCUT2D eigenvalue weighted by Crippen LogP contribution is -2.54. The number of sulfonamides is 1. The van der Waals surface area contributed by atoms with E-state index in [0.717, 1.165) is 50.5 Å². The first-order valence-electron chi connectivity index (χ1n) is 13.0. The van der Waals surface area contributed by atoms with Crippen LogP contribution >= 0.6 is 34.8 Å². The Morgan fingerprint density at radius 2 is 1.63 bits per heavy atom. The lowest BCUT2D eigenvalue weighted by atomic mass is 9.95. The molecule has 3 rings (SSSR count). The standard InChI is InChI=1S/C27H31Cl3F3N3O4S/c1-3-24(26(38)34-18-7-5-4-6-8-18)35(15-17-9-11-22(29)23(30)13-17)25(37)16-36(41(2,39)40)19-10-12-21(28)20(14-19)27(31,32)33/h9-14,18,24H,3-8,15-16H2,1-2H3,(H,34,38)/t24-/m0/s1. The number of hydrogen-bond acceptors (Lipinski definition) is 4. The largest absolute Gasteiger partial charge is 0.417 e. The van der Waals surface area contributed by atoms with Crippen LogP contribution in [0.25, 0.3) is 0 Å². The highest BCUT2D eigenvalue weighted by Gasteiger charge is 2.36. The van der Waals surface area contributed by atoms with Gasteiger partial charge in [-0.2, -0.15) is 13.2 Å². The maximum Gasteiger partial charge on any atom is 0.417 e. The summed E-state index contributed by atoms with van der Waals surface area (Å²) in [6.45, 7) is 0.730. The molecule has 0 unspecified atom stereocenters. The van der Waals surface area contributed by atoms with Crippen molar-refractivity contribution < 1.29 is 31.2 Å². The Hall–Kier alpha value is -2.21. The van der Waals surface area contributed by atoms with Crippen LogP contribution in [0.15, 0.2) is 36.4 Å². The van der Waals surface area contributed by atoms with E-state index in [-0.39, 0.29) is 29.1 Å². The van der Waals surface area contributed by atoms with E-state index in [1.165, 1.54) is 17.0 Å². The van der Waals surface area contributed by atoms with E-state index in [2.05, 4.69) is 5.32 Å². The van der Waals surface area contributed by atoms with Crippen molar-refractivity contribution >= 4 is 62.3 Å². The SMILES string of the molecule is CC[C@@H](C(=O)NC1CCCCC1)N(Cc1ccc(Cl)c(Cl)c1)C(=O)CN(c1ccc(Cl)c(C(F)(F)F)c1)S(C)(=O)=O. The van der Waals surface area contributed by atoms with Crippen molar-refractivity contribution in [2.45, 2.75) is 70.3 Å². The number of anilines is 1. The van der Waals surface area contributed by atoms with E-state index in [0.29, 0.717) is 15.9 Å². The normalized spacial score (nSPS) is 15.3. The zero-order chi connectivity index (χ0) is 30.5. The molecule has 226 valence electrons. The maximum absolute atomic E-state index is 13.8. The van der Waals surface area contributed by atoms with Gasteiger partial charge in [-0.15, -0.1) is 0 Å². The molecule has 2 aromatic carbocycles. The monoisotopic (exact) mass is 655 g/mol. The number of carbonyl (C=O) groups is 2. The highest BCUT2D eigenvalue weighted by molar-refractivity contribution is 7.92. The molecule has 41 heavy (non-hydrogen) atoms. The molecule has 0 radical (unpaired) electrons. The number of benzene rings is 2. The summed E-state index contributed by atoms with van der Waals surface area (Å²) >= 11 is 17.9. The van der Waals surface area contributed by atoms with Crippen molar-refractivity contribution in [2.75, 3.05) is 17.1 Å². The second-order valence-electron chi connectivity index (χ2n) is 9.97. The van der Waals surface area contributed by atoms with Crippen molar-refractivity contribution in [1.82, 2.24) is 10.2 Å². The van der Waals surface area contributed by atoms with Crippen LogP contribution < -0.4 is 9.62 Å². The van der Waals surface area contributed by atoms with Crippen molar-refractivity contribution in [1.29, 1.82) is 0 Å². The molecule has 1 fully saturated rings. The Balaban J connectivity index is 1.99.